The predicted octanol–water partition coefficient (Wildman–Crippen LogP) is 3.49. The van der Waals surface area contributed by atoms with Gasteiger partial charge < -0.3 is 10.1 Å². The molecule has 1 aromatic carbocycles. The average molecular weight is 417 g/mol. The molecule has 3 rings (SSSR count). The molecule has 1 aliphatic rings. The Labute approximate surface area is 174 Å². The SMILES string of the molecule is COC(=O)c1cccc(C(=O)NC(c2ccc(F)c(F)c2)C(C)(C)N2CCCC2)n1. The van der Waals surface area contributed by atoms with E-state index in [1.807, 2.05) is 13.8 Å². The molecule has 2 aromatic rings. The Kier molecular flexibility index (Phi) is 6.45. The van der Waals surface area contributed by atoms with Crippen LogP contribution in [0.5, 0.6) is 0 Å². The van der Waals surface area contributed by atoms with Gasteiger partial charge in [0, 0.05) is 5.54 Å². The van der Waals surface area contributed by atoms with Gasteiger partial charge >= 0.3 is 5.97 Å². The molecule has 1 fully saturated rings. The Balaban J connectivity index is 1.95. The molecule has 0 spiro atoms. The number of hydrogen-bond donors (Lipinski definition) is 1. The van der Waals surface area contributed by atoms with E-state index in [1.165, 1.54) is 31.4 Å². The van der Waals surface area contributed by atoms with E-state index in [0.717, 1.165) is 38.1 Å². The number of ether oxygens (including phenoxy) is 1. The van der Waals surface area contributed by atoms with E-state index in [0.29, 0.717) is 5.56 Å². The highest BCUT2D eigenvalue weighted by atomic mass is 19.2. The van der Waals surface area contributed by atoms with Crippen molar-refractivity contribution in [3.05, 3.63) is 65.0 Å². The number of nitrogens with zero attached hydrogens (tertiary/aromatic N) is 2. The number of halogens is 2. The number of carbonyl (C=O) groups excluding carboxylic acids is 2. The quantitative estimate of drug-likeness (QED) is 0.729. The fourth-order valence-corrected chi connectivity index (χ4v) is 3.82. The number of amides is 1. The van der Waals surface area contributed by atoms with Gasteiger partial charge in [-0.3, -0.25) is 9.69 Å². The number of benzene rings is 1. The molecule has 0 radical (unpaired) electrons. The van der Waals surface area contributed by atoms with Gasteiger partial charge in [0.25, 0.3) is 5.91 Å². The molecule has 0 aliphatic carbocycles. The largest absolute Gasteiger partial charge is 0.464 e. The first kappa shape index (κ1) is 21.8. The molecule has 1 atom stereocenters. The molecule has 1 aliphatic heterocycles. The molecular formula is C22H25F2N3O3. The van der Waals surface area contributed by atoms with Crippen LogP contribution in [0.15, 0.2) is 36.4 Å². The van der Waals surface area contributed by atoms with Crippen LogP contribution in [-0.4, -0.2) is 47.5 Å². The van der Waals surface area contributed by atoms with Gasteiger partial charge in [-0.1, -0.05) is 12.1 Å². The van der Waals surface area contributed by atoms with Crippen LogP contribution in [-0.2, 0) is 4.74 Å². The number of rotatable bonds is 6. The van der Waals surface area contributed by atoms with Gasteiger partial charge in [0.1, 0.15) is 11.4 Å². The van der Waals surface area contributed by atoms with E-state index in [1.54, 1.807) is 0 Å². The van der Waals surface area contributed by atoms with Gasteiger partial charge in [0.05, 0.1) is 13.2 Å². The van der Waals surface area contributed by atoms with Crippen molar-refractivity contribution in [1.29, 1.82) is 0 Å². The normalized spacial score (nSPS) is 15.6. The molecule has 1 saturated heterocycles. The zero-order chi connectivity index (χ0) is 21.9. The first-order chi connectivity index (χ1) is 14.2. The highest BCUT2D eigenvalue weighted by molar-refractivity contribution is 5.94. The number of methoxy groups -OCH3 is 1. The third-order valence-electron chi connectivity index (χ3n) is 5.56. The summed E-state index contributed by atoms with van der Waals surface area (Å²) in [4.78, 5) is 31.0. The maximum absolute atomic E-state index is 14.0. The molecule has 160 valence electrons. The van der Waals surface area contributed by atoms with E-state index < -0.39 is 35.1 Å². The van der Waals surface area contributed by atoms with Crippen LogP contribution in [0.3, 0.4) is 0 Å². The van der Waals surface area contributed by atoms with Crippen molar-refractivity contribution >= 4 is 11.9 Å². The lowest BCUT2D eigenvalue weighted by molar-refractivity contribution is 0.0593. The zero-order valence-corrected chi connectivity index (χ0v) is 17.2. The molecule has 8 heteroatoms. The molecule has 0 saturated carbocycles. The Morgan fingerprint density at radius 1 is 1.10 bits per heavy atom. The van der Waals surface area contributed by atoms with Crippen molar-refractivity contribution in [3.8, 4) is 0 Å². The van der Waals surface area contributed by atoms with E-state index in [4.69, 9.17) is 0 Å². The summed E-state index contributed by atoms with van der Waals surface area (Å²) in [5.41, 5.74) is -0.0876. The predicted molar refractivity (Wildman–Crippen MR) is 107 cm³/mol. The summed E-state index contributed by atoms with van der Waals surface area (Å²) in [7, 11) is 1.23. The van der Waals surface area contributed by atoms with E-state index in [9.17, 15) is 18.4 Å². The molecular weight excluding hydrogens is 392 g/mol. The third-order valence-corrected chi connectivity index (χ3v) is 5.56. The number of carbonyl (C=O) groups is 2. The lowest BCUT2D eigenvalue weighted by Crippen LogP contribution is -2.52. The van der Waals surface area contributed by atoms with Crippen molar-refractivity contribution in [2.75, 3.05) is 20.2 Å². The number of aromatic nitrogens is 1. The van der Waals surface area contributed by atoms with Crippen molar-refractivity contribution in [2.45, 2.75) is 38.3 Å². The molecule has 1 aromatic heterocycles. The van der Waals surface area contributed by atoms with Crippen LogP contribution in [0.1, 0.15) is 59.3 Å². The van der Waals surface area contributed by atoms with Crippen LogP contribution in [0.2, 0.25) is 0 Å². The number of hydrogen-bond acceptors (Lipinski definition) is 5. The van der Waals surface area contributed by atoms with E-state index in [-0.39, 0.29) is 11.4 Å². The van der Waals surface area contributed by atoms with Gasteiger partial charge in [-0.25, -0.2) is 18.6 Å². The summed E-state index contributed by atoms with van der Waals surface area (Å²) in [6.45, 7) is 5.61. The van der Waals surface area contributed by atoms with Crippen LogP contribution < -0.4 is 5.32 Å². The Hall–Kier alpha value is -2.87. The van der Waals surface area contributed by atoms with E-state index >= 15 is 0 Å². The monoisotopic (exact) mass is 417 g/mol. The maximum atomic E-state index is 14.0. The van der Waals surface area contributed by atoms with Gasteiger partial charge in [0.2, 0.25) is 0 Å². The minimum Gasteiger partial charge on any atom is -0.464 e. The molecule has 1 unspecified atom stereocenters. The molecule has 30 heavy (non-hydrogen) atoms. The Morgan fingerprint density at radius 2 is 1.77 bits per heavy atom. The Morgan fingerprint density at radius 3 is 2.40 bits per heavy atom. The minimum atomic E-state index is -0.977. The molecule has 2 heterocycles. The van der Waals surface area contributed by atoms with Gasteiger partial charge in [-0.15, -0.1) is 0 Å². The number of esters is 1. The van der Waals surface area contributed by atoms with Crippen LogP contribution in [0.25, 0.3) is 0 Å². The van der Waals surface area contributed by atoms with Gasteiger partial charge in [-0.05, 0) is 69.6 Å². The van der Waals surface area contributed by atoms with Crippen molar-refractivity contribution in [2.24, 2.45) is 0 Å². The maximum Gasteiger partial charge on any atom is 0.356 e. The van der Waals surface area contributed by atoms with Crippen LogP contribution in [0, 0.1) is 11.6 Å². The number of pyridine rings is 1. The topological polar surface area (TPSA) is 71.5 Å². The second-order valence-corrected chi connectivity index (χ2v) is 7.83. The van der Waals surface area contributed by atoms with Crippen molar-refractivity contribution in [3.63, 3.8) is 0 Å². The zero-order valence-electron chi connectivity index (χ0n) is 17.2. The van der Waals surface area contributed by atoms with Gasteiger partial charge in [-0.2, -0.15) is 0 Å². The smallest absolute Gasteiger partial charge is 0.356 e. The van der Waals surface area contributed by atoms with Crippen LogP contribution >= 0.6 is 0 Å². The minimum absolute atomic E-state index is 0.00771. The van der Waals surface area contributed by atoms with Crippen molar-refractivity contribution < 1.29 is 23.1 Å². The lowest BCUT2D eigenvalue weighted by Gasteiger charge is -2.42. The summed E-state index contributed by atoms with van der Waals surface area (Å²) >= 11 is 0. The molecule has 1 N–H and O–H groups in total. The standard InChI is InChI=1S/C22H25F2N3O3/c1-22(2,27-11-4-5-12-27)19(14-9-10-15(23)16(24)13-14)26-20(28)17-7-6-8-18(25-17)21(29)30-3/h6-10,13,19H,4-5,11-12H2,1-3H3,(H,26,28). The summed E-state index contributed by atoms with van der Waals surface area (Å²) in [5.74, 6) is -3.10. The lowest BCUT2D eigenvalue weighted by atomic mass is 9.86. The summed E-state index contributed by atoms with van der Waals surface area (Å²) in [5, 5.41) is 2.91. The fraction of sp³-hybridized carbons (Fsp3) is 0.409. The summed E-state index contributed by atoms with van der Waals surface area (Å²) in [6.07, 6.45) is 2.06. The van der Waals surface area contributed by atoms with Crippen molar-refractivity contribution in [1.82, 2.24) is 15.2 Å². The van der Waals surface area contributed by atoms with Gasteiger partial charge in [0.15, 0.2) is 11.6 Å². The third kappa shape index (κ3) is 4.48. The highest BCUT2D eigenvalue weighted by Crippen LogP contribution is 2.34. The first-order valence-electron chi connectivity index (χ1n) is 9.80. The molecule has 6 nitrogen and oxygen atoms in total. The number of nitrogens with one attached hydrogen (secondary N) is 1. The first-order valence-corrected chi connectivity index (χ1v) is 9.80. The fourth-order valence-electron chi connectivity index (χ4n) is 3.82. The molecule has 0 bridgehead atoms. The average Bonchev–Trinajstić information content (AvgIpc) is 3.29. The number of likely N-dealkylation sites (tertiary alicyclic amines) is 1. The summed E-state index contributed by atoms with van der Waals surface area (Å²) in [6, 6.07) is 7.46. The Bertz CT molecular complexity index is 943. The highest BCUT2D eigenvalue weighted by Gasteiger charge is 2.39. The van der Waals surface area contributed by atoms with Crippen LogP contribution in [0.4, 0.5) is 8.78 Å². The van der Waals surface area contributed by atoms with E-state index in [2.05, 4.69) is 19.9 Å². The molecule has 1 amide bonds. The second-order valence-electron chi connectivity index (χ2n) is 7.83. The second kappa shape index (κ2) is 8.87. The summed E-state index contributed by atoms with van der Waals surface area (Å²) < 4.78 is 32.1.